The van der Waals surface area contributed by atoms with Gasteiger partial charge in [-0.15, -0.1) is 0 Å². The minimum Gasteiger partial charge on any atom is -0.484 e. The number of ether oxygens (including phenoxy) is 1. The van der Waals surface area contributed by atoms with Crippen LogP contribution in [-0.4, -0.2) is 38.6 Å². The van der Waals surface area contributed by atoms with E-state index in [0.29, 0.717) is 5.75 Å². The molecule has 30 heavy (non-hydrogen) atoms. The minimum absolute atomic E-state index is 0.00929. The van der Waals surface area contributed by atoms with Crippen LogP contribution in [0, 0.1) is 0 Å². The van der Waals surface area contributed by atoms with Gasteiger partial charge in [0.15, 0.2) is 12.6 Å². The van der Waals surface area contributed by atoms with Crippen molar-refractivity contribution in [2.75, 3.05) is 26.7 Å². The van der Waals surface area contributed by atoms with E-state index in [2.05, 4.69) is 60.7 Å². The fourth-order valence-electron chi connectivity index (χ4n) is 3.05. The molecule has 2 aromatic carbocycles. The third-order valence-electron chi connectivity index (χ3n) is 5.08. The van der Waals surface area contributed by atoms with Gasteiger partial charge in [-0.1, -0.05) is 57.2 Å². The molecular weight excluding hydrogens is 376 g/mol. The molecule has 0 saturated heterocycles. The number of nitrogens with two attached hydrogens (primary N) is 1. The van der Waals surface area contributed by atoms with Crippen LogP contribution < -0.4 is 21.1 Å². The lowest BCUT2D eigenvalue weighted by atomic mass is 9.84. The van der Waals surface area contributed by atoms with Gasteiger partial charge in [-0.3, -0.25) is 9.79 Å². The van der Waals surface area contributed by atoms with E-state index in [9.17, 15) is 4.79 Å². The second kappa shape index (κ2) is 11.2. The van der Waals surface area contributed by atoms with Crippen LogP contribution >= 0.6 is 0 Å². The highest BCUT2D eigenvalue weighted by Crippen LogP contribution is 2.22. The van der Waals surface area contributed by atoms with Gasteiger partial charge >= 0.3 is 0 Å². The Balaban J connectivity index is 1.79. The van der Waals surface area contributed by atoms with Gasteiger partial charge in [0.2, 0.25) is 0 Å². The number of carbonyl (C=O) groups is 1. The number of nitrogens with zero attached hydrogens (tertiary/aromatic N) is 1. The summed E-state index contributed by atoms with van der Waals surface area (Å²) in [5, 5.41) is 6.80. The Hall–Kier alpha value is -3.02. The van der Waals surface area contributed by atoms with Crippen LogP contribution in [-0.2, 0) is 23.1 Å². The smallest absolute Gasteiger partial charge is 0.255 e. The summed E-state index contributed by atoms with van der Waals surface area (Å²) in [6.45, 7) is 8.06. The summed E-state index contributed by atoms with van der Waals surface area (Å²) >= 11 is 0. The summed E-state index contributed by atoms with van der Waals surface area (Å²) in [4.78, 5) is 15.1. The second-order valence-electron chi connectivity index (χ2n) is 7.94. The SMILES string of the molecule is CCc1ccc(C(C)(C)CNC(=NC)NCCc2ccc(OCC(N)=O)cc2)cc1. The highest BCUT2D eigenvalue weighted by Gasteiger charge is 2.20. The van der Waals surface area contributed by atoms with Crippen molar-refractivity contribution in [2.24, 2.45) is 10.7 Å². The number of carbonyl (C=O) groups excluding carboxylic acids is 1. The molecule has 0 heterocycles. The fraction of sp³-hybridized carbons (Fsp3) is 0.417. The molecule has 0 fully saturated rings. The molecule has 0 atom stereocenters. The molecule has 2 aromatic rings. The Morgan fingerprint density at radius 1 is 1.03 bits per heavy atom. The zero-order valence-corrected chi connectivity index (χ0v) is 18.5. The maximum Gasteiger partial charge on any atom is 0.255 e. The van der Waals surface area contributed by atoms with Crippen molar-refractivity contribution in [2.45, 2.75) is 39.0 Å². The molecule has 0 aliphatic carbocycles. The van der Waals surface area contributed by atoms with Gasteiger partial charge < -0.3 is 21.1 Å². The van der Waals surface area contributed by atoms with Crippen LogP contribution in [0.15, 0.2) is 53.5 Å². The molecule has 6 heteroatoms. The predicted octanol–water partition coefficient (Wildman–Crippen LogP) is 2.80. The number of primary amides is 1. The van der Waals surface area contributed by atoms with Crippen LogP contribution in [0.25, 0.3) is 0 Å². The van der Waals surface area contributed by atoms with E-state index in [4.69, 9.17) is 10.5 Å². The molecule has 0 radical (unpaired) electrons. The van der Waals surface area contributed by atoms with Crippen LogP contribution in [0.3, 0.4) is 0 Å². The van der Waals surface area contributed by atoms with Crippen molar-refractivity contribution in [1.82, 2.24) is 10.6 Å². The van der Waals surface area contributed by atoms with Gasteiger partial charge in [0.05, 0.1) is 0 Å². The van der Waals surface area contributed by atoms with E-state index in [0.717, 1.165) is 31.9 Å². The summed E-state index contributed by atoms with van der Waals surface area (Å²) in [6.07, 6.45) is 1.90. The van der Waals surface area contributed by atoms with Gasteiger partial charge in [-0.2, -0.15) is 0 Å². The Morgan fingerprint density at radius 2 is 1.67 bits per heavy atom. The summed E-state index contributed by atoms with van der Waals surface area (Å²) in [6, 6.07) is 16.5. The van der Waals surface area contributed by atoms with Crippen molar-refractivity contribution < 1.29 is 9.53 Å². The van der Waals surface area contributed by atoms with Gasteiger partial charge in [-0.05, 0) is 41.7 Å². The van der Waals surface area contributed by atoms with Crippen molar-refractivity contribution >= 4 is 11.9 Å². The zero-order chi connectivity index (χ0) is 22.0. The first kappa shape index (κ1) is 23.3. The van der Waals surface area contributed by atoms with E-state index in [1.165, 1.54) is 16.7 Å². The maximum absolute atomic E-state index is 10.8. The average Bonchev–Trinajstić information content (AvgIpc) is 2.75. The van der Waals surface area contributed by atoms with E-state index in [-0.39, 0.29) is 12.0 Å². The maximum atomic E-state index is 10.8. The Kier molecular flexibility index (Phi) is 8.71. The number of hydrogen-bond donors (Lipinski definition) is 3. The molecule has 2 rings (SSSR count). The number of benzene rings is 2. The quantitative estimate of drug-likeness (QED) is 0.415. The molecule has 6 nitrogen and oxygen atoms in total. The van der Waals surface area contributed by atoms with Crippen molar-refractivity contribution in [1.29, 1.82) is 0 Å². The van der Waals surface area contributed by atoms with Crippen LogP contribution in [0.2, 0.25) is 0 Å². The normalized spacial score (nSPS) is 11.8. The van der Waals surface area contributed by atoms with Gasteiger partial charge in [0.25, 0.3) is 5.91 Å². The predicted molar refractivity (Wildman–Crippen MR) is 123 cm³/mol. The lowest BCUT2D eigenvalue weighted by Crippen LogP contribution is -2.44. The summed E-state index contributed by atoms with van der Waals surface area (Å²) in [5.74, 6) is 0.940. The minimum atomic E-state index is -0.483. The van der Waals surface area contributed by atoms with Crippen molar-refractivity contribution in [3.05, 3.63) is 65.2 Å². The Labute approximate surface area is 179 Å². The third kappa shape index (κ3) is 7.43. The summed E-state index contributed by atoms with van der Waals surface area (Å²) in [7, 11) is 1.78. The molecule has 0 bridgehead atoms. The fourth-order valence-corrected chi connectivity index (χ4v) is 3.05. The third-order valence-corrected chi connectivity index (χ3v) is 5.08. The first-order valence-electron chi connectivity index (χ1n) is 10.4. The van der Waals surface area contributed by atoms with Crippen LogP contribution in [0.4, 0.5) is 0 Å². The van der Waals surface area contributed by atoms with Crippen LogP contribution in [0.1, 0.15) is 37.5 Å². The number of nitrogens with one attached hydrogen (secondary N) is 2. The zero-order valence-electron chi connectivity index (χ0n) is 18.5. The summed E-state index contributed by atoms with van der Waals surface area (Å²) < 4.78 is 5.28. The Bertz CT molecular complexity index is 827. The molecule has 0 aliphatic rings. The van der Waals surface area contributed by atoms with Crippen molar-refractivity contribution in [3.63, 3.8) is 0 Å². The first-order valence-corrected chi connectivity index (χ1v) is 10.4. The molecule has 0 aliphatic heterocycles. The molecule has 0 spiro atoms. The van der Waals surface area contributed by atoms with Crippen molar-refractivity contribution in [3.8, 4) is 5.75 Å². The monoisotopic (exact) mass is 410 g/mol. The van der Waals surface area contributed by atoms with Gasteiger partial charge in [0.1, 0.15) is 5.75 Å². The second-order valence-corrected chi connectivity index (χ2v) is 7.94. The number of rotatable bonds is 10. The standard InChI is InChI=1S/C24H34N4O2/c1-5-18-6-10-20(11-7-18)24(2,3)17-28-23(26-4)27-15-14-19-8-12-21(13-9-19)30-16-22(25)29/h6-13H,5,14-17H2,1-4H3,(H2,25,29)(H2,26,27,28). The molecule has 0 aromatic heterocycles. The van der Waals surface area contributed by atoms with E-state index >= 15 is 0 Å². The van der Waals surface area contributed by atoms with Crippen LogP contribution in [0.5, 0.6) is 5.75 Å². The largest absolute Gasteiger partial charge is 0.484 e. The topological polar surface area (TPSA) is 88.7 Å². The molecule has 162 valence electrons. The van der Waals surface area contributed by atoms with E-state index in [1.807, 2.05) is 24.3 Å². The number of aryl methyl sites for hydroxylation is 1. The lowest BCUT2D eigenvalue weighted by molar-refractivity contribution is -0.119. The number of hydrogen-bond acceptors (Lipinski definition) is 3. The molecule has 1 amide bonds. The molecule has 0 saturated carbocycles. The molecule has 4 N–H and O–H groups in total. The number of guanidine groups is 1. The van der Waals surface area contributed by atoms with E-state index in [1.54, 1.807) is 7.05 Å². The Morgan fingerprint density at radius 3 is 2.23 bits per heavy atom. The van der Waals surface area contributed by atoms with Gasteiger partial charge in [0, 0.05) is 25.6 Å². The average molecular weight is 411 g/mol. The number of aliphatic imine (C=N–C) groups is 1. The summed E-state index contributed by atoms with van der Waals surface area (Å²) in [5.41, 5.74) is 8.90. The van der Waals surface area contributed by atoms with E-state index < -0.39 is 5.91 Å². The molecule has 0 unspecified atom stereocenters. The highest BCUT2D eigenvalue weighted by atomic mass is 16.5. The lowest BCUT2D eigenvalue weighted by Gasteiger charge is -2.27. The molecular formula is C24H34N4O2. The highest BCUT2D eigenvalue weighted by molar-refractivity contribution is 5.79. The number of amides is 1. The first-order chi connectivity index (χ1) is 14.3. The van der Waals surface area contributed by atoms with Gasteiger partial charge in [-0.25, -0.2) is 0 Å².